The zero-order valence-electron chi connectivity index (χ0n) is 16.1. The number of ether oxygens (including phenoxy) is 2. The van der Waals surface area contributed by atoms with E-state index in [1.54, 1.807) is 49.5 Å². The Kier molecular flexibility index (Phi) is 6.09. The molecular formula is C21H23ClN2O4. The predicted octanol–water partition coefficient (Wildman–Crippen LogP) is 3.59. The van der Waals surface area contributed by atoms with Crippen LogP contribution in [0.25, 0.3) is 0 Å². The first-order valence-corrected chi connectivity index (χ1v) is 9.39. The molecule has 0 saturated carbocycles. The maximum absolute atomic E-state index is 12.7. The van der Waals surface area contributed by atoms with Gasteiger partial charge in [-0.25, -0.2) is 0 Å². The Hall–Kier alpha value is -2.73. The molecule has 1 fully saturated rings. The van der Waals surface area contributed by atoms with Crippen LogP contribution in [0.4, 0.5) is 5.69 Å². The molecular weight excluding hydrogens is 380 g/mol. The van der Waals surface area contributed by atoms with Crippen molar-refractivity contribution < 1.29 is 19.1 Å². The molecule has 0 radical (unpaired) electrons. The second kappa shape index (κ2) is 8.52. The number of methoxy groups -OCH3 is 2. The van der Waals surface area contributed by atoms with Gasteiger partial charge in [-0.05, 0) is 48.9 Å². The minimum atomic E-state index is -0.397. The molecule has 28 heavy (non-hydrogen) atoms. The van der Waals surface area contributed by atoms with Gasteiger partial charge >= 0.3 is 0 Å². The molecule has 2 amide bonds. The molecule has 2 aromatic carbocycles. The maximum atomic E-state index is 12.7. The Morgan fingerprint density at radius 1 is 1.14 bits per heavy atom. The quantitative estimate of drug-likeness (QED) is 0.801. The van der Waals surface area contributed by atoms with E-state index in [0.29, 0.717) is 23.1 Å². The Balaban J connectivity index is 1.66. The van der Waals surface area contributed by atoms with Gasteiger partial charge in [-0.3, -0.25) is 9.59 Å². The fourth-order valence-electron chi connectivity index (χ4n) is 3.29. The summed E-state index contributed by atoms with van der Waals surface area (Å²) < 4.78 is 10.6. The summed E-state index contributed by atoms with van der Waals surface area (Å²) in [4.78, 5) is 26.7. The molecule has 0 bridgehead atoms. The molecule has 148 valence electrons. The maximum Gasteiger partial charge on any atom is 0.227 e. The van der Waals surface area contributed by atoms with E-state index in [-0.39, 0.29) is 24.3 Å². The first kappa shape index (κ1) is 20.0. The van der Waals surface area contributed by atoms with Gasteiger partial charge in [-0.15, -0.1) is 0 Å². The van der Waals surface area contributed by atoms with E-state index in [4.69, 9.17) is 21.1 Å². The Morgan fingerprint density at radius 3 is 2.46 bits per heavy atom. The van der Waals surface area contributed by atoms with E-state index < -0.39 is 5.92 Å². The molecule has 6 nitrogen and oxygen atoms in total. The number of hydrogen-bond donors (Lipinski definition) is 1. The third kappa shape index (κ3) is 4.22. The third-order valence-electron chi connectivity index (χ3n) is 4.90. The summed E-state index contributed by atoms with van der Waals surface area (Å²) in [6.45, 7) is 2.25. The lowest BCUT2D eigenvalue weighted by Gasteiger charge is -2.19. The Bertz CT molecular complexity index is 869. The van der Waals surface area contributed by atoms with Crippen molar-refractivity contribution in [2.75, 3.05) is 25.7 Å². The van der Waals surface area contributed by atoms with Gasteiger partial charge in [0.25, 0.3) is 0 Å². The fraction of sp³-hybridized carbons (Fsp3) is 0.333. The summed E-state index contributed by atoms with van der Waals surface area (Å²) in [5.41, 5.74) is 1.64. The normalized spacial score (nSPS) is 17.4. The van der Waals surface area contributed by atoms with Crippen molar-refractivity contribution in [2.24, 2.45) is 5.92 Å². The van der Waals surface area contributed by atoms with Crippen molar-refractivity contribution in [3.05, 3.63) is 53.1 Å². The van der Waals surface area contributed by atoms with Crippen molar-refractivity contribution in [2.45, 2.75) is 19.4 Å². The highest BCUT2D eigenvalue weighted by Gasteiger charge is 2.35. The molecule has 7 heteroatoms. The van der Waals surface area contributed by atoms with Crippen molar-refractivity contribution in [1.29, 1.82) is 0 Å². The summed E-state index contributed by atoms with van der Waals surface area (Å²) in [5, 5.41) is 3.60. The highest BCUT2D eigenvalue weighted by atomic mass is 35.5. The van der Waals surface area contributed by atoms with Crippen LogP contribution >= 0.6 is 11.6 Å². The zero-order chi connectivity index (χ0) is 20.3. The van der Waals surface area contributed by atoms with Crippen molar-refractivity contribution in [3.63, 3.8) is 0 Å². The minimum absolute atomic E-state index is 0.0683. The van der Waals surface area contributed by atoms with E-state index in [9.17, 15) is 9.59 Å². The molecule has 2 unspecified atom stereocenters. The zero-order valence-corrected chi connectivity index (χ0v) is 16.8. The largest absolute Gasteiger partial charge is 0.493 e. The summed E-state index contributed by atoms with van der Waals surface area (Å²) in [7, 11) is 3.15. The number of halogens is 1. The smallest absolute Gasteiger partial charge is 0.227 e. The molecule has 0 aliphatic carbocycles. The van der Waals surface area contributed by atoms with Crippen LogP contribution in [-0.2, 0) is 9.59 Å². The molecule has 2 aromatic rings. The first-order chi connectivity index (χ1) is 13.4. The number of carbonyl (C=O) groups excluding carboxylic acids is 2. The molecule has 1 heterocycles. The number of anilines is 1. The molecule has 1 saturated heterocycles. The van der Waals surface area contributed by atoms with E-state index in [1.165, 1.54) is 0 Å². The average Bonchev–Trinajstić information content (AvgIpc) is 3.09. The van der Waals surface area contributed by atoms with E-state index >= 15 is 0 Å². The minimum Gasteiger partial charge on any atom is -0.493 e. The van der Waals surface area contributed by atoms with Crippen LogP contribution < -0.4 is 19.7 Å². The summed E-state index contributed by atoms with van der Waals surface area (Å²) >= 11 is 5.91. The lowest BCUT2D eigenvalue weighted by Crippen LogP contribution is -2.34. The topological polar surface area (TPSA) is 67.9 Å². The van der Waals surface area contributed by atoms with Crippen molar-refractivity contribution >= 4 is 29.1 Å². The van der Waals surface area contributed by atoms with Gasteiger partial charge in [-0.1, -0.05) is 17.7 Å². The lowest BCUT2D eigenvalue weighted by atomic mass is 10.0. The number of hydrogen-bond acceptors (Lipinski definition) is 4. The highest BCUT2D eigenvalue weighted by molar-refractivity contribution is 6.30. The van der Waals surface area contributed by atoms with Gasteiger partial charge in [0, 0.05) is 23.7 Å². The molecule has 3 rings (SSSR count). The van der Waals surface area contributed by atoms with Crippen LogP contribution in [0, 0.1) is 5.92 Å². The van der Waals surface area contributed by atoms with Crippen LogP contribution in [0.5, 0.6) is 11.5 Å². The van der Waals surface area contributed by atoms with Crippen LogP contribution in [-0.4, -0.2) is 32.6 Å². The monoisotopic (exact) mass is 402 g/mol. The van der Waals surface area contributed by atoms with Crippen molar-refractivity contribution in [3.8, 4) is 11.5 Å². The van der Waals surface area contributed by atoms with Gasteiger partial charge < -0.3 is 19.7 Å². The van der Waals surface area contributed by atoms with Crippen molar-refractivity contribution in [1.82, 2.24) is 5.32 Å². The van der Waals surface area contributed by atoms with Crippen LogP contribution in [0.2, 0.25) is 5.02 Å². The second-order valence-corrected chi connectivity index (χ2v) is 7.16. The Labute approximate surface area is 169 Å². The number of nitrogens with one attached hydrogen (secondary N) is 1. The number of benzene rings is 2. The van der Waals surface area contributed by atoms with E-state index in [0.717, 1.165) is 11.3 Å². The van der Waals surface area contributed by atoms with Crippen LogP contribution in [0.15, 0.2) is 42.5 Å². The second-order valence-electron chi connectivity index (χ2n) is 6.73. The van der Waals surface area contributed by atoms with E-state index in [2.05, 4.69) is 5.32 Å². The van der Waals surface area contributed by atoms with Gasteiger partial charge in [0.1, 0.15) is 0 Å². The van der Waals surface area contributed by atoms with E-state index in [1.807, 2.05) is 19.1 Å². The molecule has 1 N–H and O–H groups in total. The number of carbonyl (C=O) groups is 2. The number of amides is 2. The highest BCUT2D eigenvalue weighted by Crippen LogP contribution is 2.31. The van der Waals surface area contributed by atoms with Gasteiger partial charge in [-0.2, -0.15) is 0 Å². The summed E-state index contributed by atoms with van der Waals surface area (Å²) in [6.07, 6.45) is 0.188. The summed E-state index contributed by atoms with van der Waals surface area (Å²) in [5.74, 6) is 0.620. The molecule has 0 aromatic heterocycles. The molecule has 1 aliphatic rings. The number of nitrogens with zero attached hydrogens (tertiary/aromatic N) is 1. The van der Waals surface area contributed by atoms with Crippen LogP contribution in [0.3, 0.4) is 0 Å². The average molecular weight is 403 g/mol. The van der Waals surface area contributed by atoms with Gasteiger partial charge in [0.05, 0.1) is 26.2 Å². The standard InChI is InChI=1S/C21H23ClN2O4/c1-13(14-4-9-18(27-2)19(10-14)28-3)23-21(26)15-11-20(25)24(12-15)17-7-5-16(22)6-8-17/h4-10,13,15H,11-12H2,1-3H3,(H,23,26). The van der Waals surface area contributed by atoms with Gasteiger partial charge in [0.2, 0.25) is 11.8 Å². The third-order valence-corrected chi connectivity index (χ3v) is 5.15. The predicted molar refractivity (Wildman–Crippen MR) is 108 cm³/mol. The molecule has 1 aliphatic heterocycles. The number of rotatable bonds is 6. The fourth-order valence-corrected chi connectivity index (χ4v) is 3.42. The first-order valence-electron chi connectivity index (χ1n) is 9.01. The van der Waals surface area contributed by atoms with Gasteiger partial charge in [0.15, 0.2) is 11.5 Å². The Morgan fingerprint density at radius 2 is 1.82 bits per heavy atom. The molecule has 2 atom stereocenters. The SMILES string of the molecule is COc1ccc(C(C)NC(=O)C2CC(=O)N(c3ccc(Cl)cc3)C2)cc1OC. The lowest BCUT2D eigenvalue weighted by molar-refractivity contribution is -0.126. The molecule has 0 spiro atoms. The summed E-state index contributed by atoms with van der Waals surface area (Å²) in [6, 6.07) is 12.3. The van der Waals surface area contributed by atoms with Crippen LogP contribution in [0.1, 0.15) is 24.9 Å².